The van der Waals surface area contributed by atoms with Gasteiger partial charge < -0.3 is 8.83 Å². The van der Waals surface area contributed by atoms with Crippen LogP contribution in [-0.2, 0) is 0 Å². The molecule has 2 aromatic heterocycles. The number of benzene rings is 1. The third kappa shape index (κ3) is 3.08. The Hall–Kier alpha value is -1.86. The number of aryl methyl sites for hydroxylation is 1. The van der Waals surface area contributed by atoms with Gasteiger partial charge in [-0.1, -0.05) is 35.5 Å². The van der Waals surface area contributed by atoms with Crippen LogP contribution in [0.2, 0.25) is 5.02 Å². The minimum Gasteiger partial charge on any atom is -0.424 e. The molecule has 3 rings (SSSR count). The third-order valence-corrected chi connectivity index (χ3v) is 3.93. The first-order valence-electron chi connectivity index (χ1n) is 6.18. The first-order chi connectivity index (χ1) is 10.1. The SMILES string of the molecule is Cc1nnc([C@H](C)Sc2nnc(-c3ccccc3Cl)o2)o1. The summed E-state index contributed by atoms with van der Waals surface area (Å²) < 4.78 is 11.0. The van der Waals surface area contributed by atoms with Crippen LogP contribution in [0, 0.1) is 6.92 Å². The molecule has 0 saturated carbocycles. The predicted molar refractivity (Wildman–Crippen MR) is 78.1 cm³/mol. The standard InChI is InChI=1S/C13H11ClN4O2S/c1-7(11-16-15-8(2)19-11)21-13-18-17-12(20-13)9-5-3-4-6-10(9)14/h3-7H,1-2H3/t7-/m0/s1. The lowest BCUT2D eigenvalue weighted by atomic mass is 10.2. The van der Waals surface area contributed by atoms with E-state index < -0.39 is 0 Å². The number of halogens is 1. The highest BCUT2D eigenvalue weighted by Crippen LogP contribution is 2.35. The van der Waals surface area contributed by atoms with E-state index in [4.69, 9.17) is 20.4 Å². The maximum atomic E-state index is 6.10. The van der Waals surface area contributed by atoms with Gasteiger partial charge in [-0.2, -0.15) is 0 Å². The van der Waals surface area contributed by atoms with Crippen LogP contribution in [0.4, 0.5) is 0 Å². The fourth-order valence-electron chi connectivity index (χ4n) is 1.68. The molecule has 0 unspecified atom stereocenters. The van der Waals surface area contributed by atoms with E-state index in [9.17, 15) is 0 Å². The van der Waals surface area contributed by atoms with E-state index in [1.54, 1.807) is 13.0 Å². The Bertz CT molecular complexity index is 758. The monoisotopic (exact) mass is 322 g/mol. The van der Waals surface area contributed by atoms with Crippen molar-refractivity contribution in [3.63, 3.8) is 0 Å². The fourth-order valence-corrected chi connectivity index (χ4v) is 2.61. The normalized spacial score (nSPS) is 12.5. The molecule has 3 aromatic rings. The number of thioether (sulfide) groups is 1. The van der Waals surface area contributed by atoms with Crippen LogP contribution in [-0.4, -0.2) is 20.4 Å². The van der Waals surface area contributed by atoms with Crippen molar-refractivity contribution in [3.05, 3.63) is 41.1 Å². The molecule has 0 fully saturated rings. The first kappa shape index (κ1) is 14.1. The molecule has 0 N–H and O–H groups in total. The second-order valence-corrected chi connectivity index (χ2v) is 5.97. The molecule has 1 atom stereocenters. The summed E-state index contributed by atoms with van der Waals surface area (Å²) in [4.78, 5) is 0. The first-order valence-corrected chi connectivity index (χ1v) is 7.44. The van der Waals surface area contributed by atoms with Gasteiger partial charge in [-0.15, -0.1) is 20.4 Å². The van der Waals surface area contributed by atoms with Crippen molar-refractivity contribution in [2.75, 3.05) is 0 Å². The predicted octanol–water partition coefficient (Wildman–Crippen LogP) is 3.93. The van der Waals surface area contributed by atoms with Crippen molar-refractivity contribution >= 4 is 23.4 Å². The average Bonchev–Trinajstić information content (AvgIpc) is 3.08. The van der Waals surface area contributed by atoms with Crippen LogP contribution < -0.4 is 0 Å². The molecule has 0 radical (unpaired) electrons. The highest BCUT2D eigenvalue weighted by molar-refractivity contribution is 7.99. The molecule has 0 aliphatic rings. The molecule has 6 nitrogen and oxygen atoms in total. The summed E-state index contributed by atoms with van der Waals surface area (Å²) in [6.45, 7) is 3.67. The van der Waals surface area contributed by atoms with Crippen LogP contribution in [0.25, 0.3) is 11.5 Å². The zero-order chi connectivity index (χ0) is 14.8. The van der Waals surface area contributed by atoms with E-state index >= 15 is 0 Å². The lowest BCUT2D eigenvalue weighted by molar-refractivity contribution is 0.454. The van der Waals surface area contributed by atoms with E-state index in [2.05, 4.69) is 20.4 Å². The van der Waals surface area contributed by atoms with Crippen molar-refractivity contribution in [1.82, 2.24) is 20.4 Å². The van der Waals surface area contributed by atoms with Crippen LogP contribution >= 0.6 is 23.4 Å². The van der Waals surface area contributed by atoms with Crippen molar-refractivity contribution in [2.24, 2.45) is 0 Å². The van der Waals surface area contributed by atoms with E-state index in [1.807, 2.05) is 25.1 Å². The quantitative estimate of drug-likeness (QED) is 0.673. The Morgan fingerprint density at radius 2 is 1.90 bits per heavy atom. The molecule has 8 heteroatoms. The number of nitrogens with zero attached hydrogens (tertiary/aromatic N) is 4. The molecule has 0 bridgehead atoms. The largest absolute Gasteiger partial charge is 0.424 e. The molecule has 0 amide bonds. The van der Waals surface area contributed by atoms with E-state index in [-0.39, 0.29) is 5.25 Å². The van der Waals surface area contributed by atoms with Gasteiger partial charge in [0.15, 0.2) is 0 Å². The smallest absolute Gasteiger partial charge is 0.277 e. The van der Waals surface area contributed by atoms with Gasteiger partial charge in [0.2, 0.25) is 17.7 Å². The van der Waals surface area contributed by atoms with Crippen molar-refractivity contribution < 1.29 is 8.83 Å². The van der Waals surface area contributed by atoms with Crippen molar-refractivity contribution in [1.29, 1.82) is 0 Å². The van der Waals surface area contributed by atoms with Crippen molar-refractivity contribution in [2.45, 2.75) is 24.3 Å². The molecule has 2 heterocycles. The van der Waals surface area contributed by atoms with Gasteiger partial charge in [0.05, 0.1) is 15.8 Å². The summed E-state index contributed by atoms with van der Waals surface area (Å²) >= 11 is 7.46. The topological polar surface area (TPSA) is 77.8 Å². The Morgan fingerprint density at radius 3 is 2.62 bits per heavy atom. The van der Waals surface area contributed by atoms with Crippen LogP contribution in [0.1, 0.15) is 24.0 Å². The Morgan fingerprint density at radius 1 is 1.10 bits per heavy atom. The maximum absolute atomic E-state index is 6.10. The Balaban J connectivity index is 1.78. The summed E-state index contributed by atoms with van der Waals surface area (Å²) in [7, 11) is 0. The lowest BCUT2D eigenvalue weighted by Crippen LogP contribution is -1.88. The van der Waals surface area contributed by atoms with E-state index in [0.29, 0.717) is 33.5 Å². The second-order valence-electron chi connectivity index (χ2n) is 4.27. The molecule has 108 valence electrons. The number of hydrogen-bond acceptors (Lipinski definition) is 7. The molecule has 0 spiro atoms. The molecule has 0 aliphatic heterocycles. The van der Waals surface area contributed by atoms with Gasteiger partial charge >= 0.3 is 0 Å². The van der Waals surface area contributed by atoms with Crippen molar-refractivity contribution in [3.8, 4) is 11.5 Å². The molecular weight excluding hydrogens is 312 g/mol. The minimum absolute atomic E-state index is 0.0780. The number of aromatic nitrogens is 4. The van der Waals surface area contributed by atoms with Gasteiger partial charge in [0.1, 0.15) is 0 Å². The third-order valence-electron chi connectivity index (χ3n) is 2.68. The van der Waals surface area contributed by atoms with E-state index in [1.165, 1.54) is 11.8 Å². The molecule has 21 heavy (non-hydrogen) atoms. The summed E-state index contributed by atoms with van der Waals surface area (Å²) in [5.41, 5.74) is 0.708. The summed E-state index contributed by atoms with van der Waals surface area (Å²) in [5, 5.41) is 16.7. The zero-order valence-corrected chi connectivity index (χ0v) is 12.9. The lowest BCUT2D eigenvalue weighted by Gasteiger charge is -2.01. The Kier molecular flexibility index (Phi) is 3.94. The maximum Gasteiger partial charge on any atom is 0.277 e. The summed E-state index contributed by atoms with van der Waals surface area (Å²) in [5.74, 6) is 1.44. The van der Waals surface area contributed by atoms with Crippen LogP contribution in [0.3, 0.4) is 0 Å². The zero-order valence-electron chi connectivity index (χ0n) is 11.3. The van der Waals surface area contributed by atoms with E-state index in [0.717, 1.165) is 0 Å². The second kappa shape index (κ2) is 5.87. The molecule has 0 saturated heterocycles. The highest BCUT2D eigenvalue weighted by atomic mass is 35.5. The summed E-state index contributed by atoms with van der Waals surface area (Å²) in [6, 6.07) is 7.31. The van der Waals surface area contributed by atoms with Crippen LogP contribution in [0.5, 0.6) is 0 Å². The summed E-state index contributed by atoms with van der Waals surface area (Å²) in [6.07, 6.45) is 0. The highest BCUT2D eigenvalue weighted by Gasteiger charge is 2.19. The minimum atomic E-state index is -0.0780. The van der Waals surface area contributed by atoms with Gasteiger partial charge in [-0.05, 0) is 19.1 Å². The number of hydrogen-bond donors (Lipinski definition) is 0. The van der Waals surface area contributed by atoms with Crippen LogP contribution in [0.15, 0.2) is 38.3 Å². The molecule has 1 aromatic carbocycles. The van der Waals surface area contributed by atoms with Gasteiger partial charge in [-0.3, -0.25) is 0 Å². The Labute approximate surface area is 129 Å². The van der Waals surface area contributed by atoms with Gasteiger partial charge in [0, 0.05) is 6.92 Å². The molecule has 0 aliphatic carbocycles. The van der Waals surface area contributed by atoms with Gasteiger partial charge in [0.25, 0.3) is 5.22 Å². The van der Waals surface area contributed by atoms with Gasteiger partial charge in [-0.25, -0.2) is 0 Å². The molecular formula is C13H11ClN4O2S. The average molecular weight is 323 g/mol. The number of rotatable bonds is 4. The fraction of sp³-hybridized carbons (Fsp3) is 0.231.